The van der Waals surface area contributed by atoms with E-state index in [0.717, 1.165) is 16.7 Å². The van der Waals surface area contributed by atoms with Crippen molar-refractivity contribution in [1.29, 1.82) is 5.26 Å². The van der Waals surface area contributed by atoms with Crippen molar-refractivity contribution >= 4 is 23.3 Å². The van der Waals surface area contributed by atoms with Gasteiger partial charge in [-0.05, 0) is 36.8 Å². The summed E-state index contributed by atoms with van der Waals surface area (Å²) < 4.78 is 11.6. The van der Waals surface area contributed by atoms with Crippen LogP contribution in [0.5, 0.6) is 5.88 Å². The summed E-state index contributed by atoms with van der Waals surface area (Å²) in [6.07, 6.45) is 3.56. The van der Waals surface area contributed by atoms with E-state index in [4.69, 9.17) is 9.15 Å². The minimum absolute atomic E-state index is 0.392. The largest absolute Gasteiger partial charge is 0.472 e. The Kier molecular flexibility index (Phi) is 4.85. The maximum absolute atomic E-state index is 9.34. The number of rotatable bonds is 5. The fourth-order valence-corrected chi connectivity index (χ4v) is 2.80. The van der Waals surface area contributed by atoms with Crippen molar-refractivity contribution in [3.63, 3.8) is 0 Å². The Morgan fingerprint density at radius 1 is 1.04 bits per heavy atom. The number of oxazole rings is 1. The van der Waals surface area contributed by atoms with Crippen LogP contribution in [0.3, 0.4) is 0 Å². The summed E-state index contributed by atoms with van der Waals surface area (Å²) in [5, 5.41) is 9.34. The second-order valence-electron chi connectivity index (χ2n) is 6.25. The van der Waals surface area contributed by atoms with Gasteiger partial charge in [0.2, 0.25) is 11.8 Å². The lowest BCUT2D eigenvalue weighted by Crippen LogP contribution is -2.01. The third-order valence-corrected chi connectivity index (χ3v) is 4.26. The second-order valence-corrected chi connectivity index (χ2v) is 6.25. The van der Waals surface area contributed by atoms with Gasteiger partial charge in [0.05, 0.1) is 11.3 Å². The highest BCUT2D eigenvalue weighted by atomic mass is 16.5. The van der Waals surface area contributed by atoms with Crippen molar-refractivity contribution in [2.75, 3.05) is 0 Å². The zero-order chi connectivity index (χ0) is 19.3. The SMILES string of the molecule is Cc1nc(OCc2ccccc2)c(/C=C/c2nc3ccccc3o2)cc1C#N. The summed E-state index contributed by atoms with van der Waals surface area (Å²) in [6, 6.07) is 21.4. The van der Waals surface area contributed by atoms with Crippen molar-refractivity contribution < 1.29 is 9.15 Å². The lowest BCUT2D eigenvalue weighted by Gasteiger charge is -2.10. The molecule has 0 saturated heterocycles. The van der Waals surface area contributed by atoms with Crippen LogP contribution in [0, 0.1) is 18.3 Å². The first-order valence-electron chi connectivity index (χ1n) is 8.85. The van der Waals surface area contributed by atoms with E-state index in [1.165, 1.54) is 0 Å². The third-order valence-electron chi connectivity index (χ3n) is 4.26. The van der Waals surface area contributed by atoms with Crippen LogP contribution in [-0.2, 0) is 6.61 Å². The normalized spacial score (nSPS) is 11.0. The maximum atomic E-state index is 9.34. The Morgan fingerprint density at radius 3 is 2.61 bits per heavy atom. The first kappa shape index (κ1) is 17.5. The van der Waals surface area contributed by atoms with Gasteiger partial charge in [-0.2, -0.15) is 5.26 Å². The Morgan fingerprint density at radius 2 is 1.82 bits per heavy atom. The van der Waals surface area contributed by atoms with E-state index in [-0.39, 0.29) is 0 Å². The van der Waals surface area contributed by atoms with Crippen LogP contribution in [0.1, 0.15) is 28.3 Å². The van der Waals surface area contributed by atoms with Crippen LogP contribution in [0.4, 0.5) is 0 Å². The standard InChI is InChI=1S/C23H17N3O2/c1-16-19(14-24)13-18(23(25-16)27-15-17-7-3-2-4-8-17)11-12-22-26-20-9-5-6-10-21(20)28-22/h2-13H,15H2,1H3/b12-11+. The van der Waals surface area contributed by atoms with Gasteiger partial charge in [-0.15, -0.1) is 0 Å². The molecular weight excluding hydrogens is 350 g/mol. The number of aromatic nitrogens is 2. The minimum atomic E-state index is 0.392. The van der Waals surface area contributed by atoms with Gasteiger partial charge in [0, 0.05) is 11.6 Å². The first-order valence-corrected chi connectivity index (χ1v) is 8.85. The number of pyridine rings is 1. The van der Waals surface area contributed by atoms with E-state index < -0.39 is 0 Å². The molecule has 2 heterocycles. The Labute approximate surface area is 162 Å². The second kappa shape index (κ2) is 7.77. The molecule has 4 aromatic rings. The number of nitriles is 1. The molecule has 136 valence electrons. The summed E-state index contributed by atoms with van der Waals surface area (Å²) in [5.74, 6) is 0.946. The molecule has 0 aliphatic rings. The molecule has 0 N–H and O–H groups in total. The number of nitrogens with zero attached hydrogens (tertiary/aromatic N) is 3. The van der Waals surface area contributed by atoms with Crippen molar-refractivity contribution in [3.05, 3.63) is 88.9 Å². The molecule has 0 fully saturated rings. The molecule has 0 radical (unpaired) electrons. The average Bonchev–Trinajstić information content (AvgIpc) is 3.15. The van der Waals surface area contributed by atoms with Crippen LogP contribution in [0.15, 0.2) is 65.1 Å². The van der Waals surface area contributed by atoms with Crippen molar-refractivity contribution in [3.8, 4) is 11.9 Å². The molecule has 0 unspecified atom stereocenters. The van der Waals surface area contributed by atoms with Gasteiger partial charge in [0.25, 0.3) is 0 Å². The maximum Gasteiger partial charge on any atom is 0.221 e. The summed E-state index contributed by atoms with van der Waals surface area (Å²) in [7, 11) is 0. The lowest BCUT2D eigenvalue weighted by atomic mass is 10.1. The molecule has 0 spiro atoms. The van der Waals surface area contributed by atoms with Gasteiger partial charge >= 0.3 is 0 Å². The van der Waals surface area contributed by atoms with Gasteiger partial charge in [0.1, 0.15) is 18.2 Å². The highest BCUT2D eigenvalue weighted by molar-refractivity contribution is 5.76. The predicted octanol–water partition coefficient (Wildman–Crippen LogP) is 5.15. The summed E-state index contributed by atoms with van der Waals surface area (Å²) in [4.78, 5) is 8.90. The molecular formula is C23H17N3O2. The molecule has 5 nitrogen and oxygen atoms in total. The molecule has 2 aromatic carbocycles. The fraction of sp³-hybridized carbons (Fsp3) is 0.0870. The average molecular weight is 367 g/mol. The topological polar surface area (TPSA) is 71.9 Å². The van der Waals surface area contributed by atoms with Crippen molar-refractivity contribution in [1.82, 2.24) is 9.97 Å². The number of para-hydroxylation sites is 2. The van der Waals surface area contributed by atoms with Gasteiger partial charge < -0.3 is 9.15 Å². The molecule has 28 heavy (non-hydrogen) atoms. The molecule has 0 aliphatic heterocycles. The number of benzene rings is 2. The lowest BCUT2D eigenvalue weighted by molar-refractivity contribution is 0.292. The zero-order valence-corrected chi connectivity index (χ0v) is 15.3. The van der Waals surface area contributed by atoms with E-state index in [1.54, 1.807) is 25.1 Å². The number of ether oxygens (including phenoxy) is 1. The van der Waals surface area contributed by atoms with Gasteiger partial charge in [-0.1, -0.05) is 42.5 Å². The van der Waals surface area contributed by atoms with Crippen molar-refractivity contribution in [2.45, 2.75) is 13.5 Å². The molecule has 0 saturated carbocycles. The number of aryl methyl sites for hydroxylation is 1. The van der Waals surface area contributed by atoms with Crippen LogP contribution in [0.25, 0.3) is 23.3 Å². The van der Waals surface area contributed by atoms with Gasteiger partial charge in [-0.3, -0.25) is 0 Å². The first-order chi connectivity index (χ1) is 13.7. The molecule has 0 amide bonds. The highest BCUT2D eigenvalue weighted by Crippen LogP contribution is 2.24. The number of hydrogen-bond donors (Lipinski definition) is 0. The molecule has 4 rings (SSSR count). The highest BCUT2D eigenvalue weighted by Gasteiger charge is 2.10. The third kappa shape index (κ3) is 3.76. The quantitative estimate of drug-likeness (QED) is 0.488. The van der Waals surface area contributed by atoms with E-state index in [9.17, 15) is 5.26 Å². The smallest absolute Gasteiger partial charge is 0.221 e. The molecule has 0 bridgehead atoms. The fourth-order valence-electron chi connectivity index (χ4n) is 2.80. The van der Waals surface area contributed by atoms with Gasteiger partial charge in [-0.25, -0.2) is 9.97 Å². The monoisotopic (exact) mass is 367 g/mol. The molecule has 0 atom stereocenters. The summed E-state index contributed by atoms with van der Waals surface area (Å²) in [5.41, 5.74) is 4.39. The number of hydrogen-bond acceptors (Lipinski definition) is 5. The van der Waals surface area contributed by atoms with E-state index in [2.05, 4.69) is 16.0 Å². The Balaban J connectivity index is 1.64. The predicted molar refractivity (Wildman–Crippen MR) is 107 cm³/mol. The number of fused-ring (bicyclic) bond motifs is 1. The van der Waals surface area contributed by atoms with Gasteiger partial charge in [0.15, 0.2) is 5.58 Å². The van der Waals surface area contributed by atoms with Crippen LogP contribution >= 0.6 is 0 Å². The Hall–Kier alpha value is -3.91. The van der Waals surface area contributed by atoms with E-state index >= 15 is 0 Å². The molecule has 5 heteroatoms. The van der Waals surface area contributed by atoms with Crippen molar-refractivity contribution in [2.24, 2.45) is 0 Å². The molecule has 2 aromatic heterocycles. The minimum Gasteiger partial charge on any atom is -0.472 e. The summed E-state index contributed by atoms with van der Waals surface area (Å²) in [6.45, 7) is 2.19. The zero-order valence-electron chi connectivity index (χ0n) is 15.3. The summed E-state index contributed by atoms with van der Waals surface area (Å²) >= 11 is 0. The van der Waals surface area contributed by atoms with Crippen LogP contribution in [0.2, 0.25) is 0 Å². The Bertz CT molecular complexity index is 1150. The van der Waals surface area contributed by atoms with E-state index in [1.807, 2.05) is 54.6 Å². The van der Waals surface area contributed by atoms with E-state index in [0.29, 0.717) is 35.2 Å². The van der Waals surface area contributed by atoms with Crippen LogP contribution in [-0.4, -0.2) is 9.97 Å². The van der Waals surface area contributed by atoms with Crippen LogP contribution < -0.4 is 4.74 Å². The molecule has 0 aliphatic carbocycles.